The molecule has 1 N–H and O–H groups in total. The third-order valence-corrected chi connectivity index (χ3v) is 4.12. The highest BCUT2D eigenvalue weighted by Crippen LogP contribution is 2.29. The van der Waals surface area contributed by atoms with Crippen LogP contribution in [0.4, 0.5) is 0 Å². The van der Waals surface area contributed by atoms with Crippen LogP contribution in [0.25, 0.3) is 0 Å². The van der Waals surface area contributed by atoms with Crippen molar-refractivity contribution in [3.63, 3.8) is 0 Å². The number of ether oxygens (including phenoxy) is 2. The van der Waals surface area contributed by atoms with Gasteiger partial charge in [-0.05, 0) is 19.3 Å². The summed E-state index contributed by atoms with van der Waals surface area (Å²) >= 11 is 0. The van der Waals surface area contributed by atoms with E-state index in [1.165, 1.54) is 0 Å². The van der Waals surface area contributed by atoms with Gasteiger partial charge in [-0.15, -0.1) is 0 Å². The topological polar surface area (TPSA) is 50.8 Å². The van der Waals surface area contributed by atoms with Gasteiger partial charge in [0, 0.05) is 39.7 Å². The molecule has 1 aliphatic carbocycles. The van der Waals surface area contributed by atoms with E-state index >= 15 is 0 Å². The second kappa shape index (κ2) is 6.50. The summed E-state index contributed by atoms with van der Waals surface area (Å²) in [5.74, 6) is 0.108. The van der Waals surface area contributed by atoms with Crippen LogP contribution < -0.4 is 5.32 Å². The molecule has 18 heavy (non-hydrogen) atoms. The SMILES string of the molecule is CNC(=O)CCN1CCOC2CCC(OC)CC21. The number of carbonyl (C=O) groups is 1. The van der Waals surface area contributed by atoms with Crippen molar-refractivity contribution >= 4 is 5.91 Å². The fourth-order valence-corrected chi connectivity index (χ4v) is 3.01. The molecule has 1 amide bonds. The third kappa shape index (κ3) is 3.22. The first-order valence-electron chi connectivity index (χ1n) is 6.83. The van der Waals surface area contributed by atoms with Gasteiger partial charge in [0.2, 0.25) is 5.91 Å². The minimum absolute atomic E-state index is 0.108. The number of hydrogen-bond donors (Lipinski definition) is 1. The van der Waals surface area contributed by atoms with E-state index < -0.39 is 0 Å². The summed E-state index contributed by atoms with van der Waals surface area (Å²) in [7, 11) is 3.47. The number of hydrogen-bond acceptors (Lipinski definition) is 4. The van der Waals surface area contributed by atoms with Gasteiger partial charge in [0.05, 0.1) is 18.8 Å². The Balaban J connectivity index is 1.90. The zero-order valence-corrected chi connectivity index (χ0v) is 11.4. The molecule has 3 unspecified atom stereocenters. The predicted octanol–water partition coefficient (Wildman–Crippen LogP) is 0.391. The van der Waals surface area contributed by atoms with Crippen molar-refractivity contribution in [1.29, 1.82) is 0 Å². The average molecular weight is 256 g/mol. The van der Waals surface area contributed by atoms with E-state index in [1.807, 2.05) is 0 Å². The number of nitrogens with zero attached hydrogens (tertiary/aromatic N) is 1. The average Bonchev–Trinajstić information content (AvgIpc) is 2.43. The third-order valence-electron chi connectivity index (χ3n) is 4.12. The van der Waals surface area contributed by atoms with Crippen molar-refractivity contribution in [1.82, 2.24) is 10.2 Å². The number of morpholine rings is 1. The smallest absolute Gasteiger partial charge is 0.221 e. The fraction of sp³-hybridized carbons (Fsp3) is 0.923. The molecule has 0 aromatic heterocycles. The fourth-order valence-electron chi connectivity index (χ4n) is 3.01. The van der Waals surface area contributed by atoms with Gasteiger partial charge in [-0.3, -0.25) is 9.69 Å². The van der Waals surface area contributed by atoms with Crippen molar-refractivity contribution in [2.24, 2.45) is 0 Å². The largest absolute Gasteiger partial charge is 0.381 e. The summed E-state index contributed by atoms with van der Waals surface area (Å²) in [6.07, 6.45) is 4.41. The summed E-state index contributed by atoms with van der Waals surface area (Å²) in [5.41, 5.74) is 0. The molecule has 5 nitrogen and oxygen atoms in total. The van der Waals surface area contributed by atoms with Crippen molar-refractivity contribution in [3.05, 3.63) is 0 Å². The highest BCUT2D eigenvalue weighted by Gasteiger charge is 2.37. The standard InChI is InChI=1S/C13H24N2O3/c1-14-13(16)5-6-15-7-8-18-12-4-3-10(17-2)9-11(12)15/h10-12H,3-9H2,1-2H3,(H,14,16). The molecule has 0 spiro atoms. The molecule has 0 radical (unpaired) electrons. The van der Waals surface area contributed by atoms with Crippen LogP contribution in [0.5, 0.6) is 0 Å². The van der Waals surface area contributed by atoms with Gasteiger partial charge in [-0.1, -0.05) is 0 Å². The Morgan fingerprint density at radius 2 is 2.33 bits per heavy atom. The van der Waals surface area contributed by atoms with Crippen LogP contribution in [0, 0.1) is 0 Å². The van der Waals surface area contributed by atoms with Crippen LogP contribution in [0.1, 0.15) is 25.7 Å². The first-order chi connectivity index (χ1) is 8.74. The monoisotopic (exact) mass is 256 g/mol. The van der Waals surface area contributed by atoms with Gasteiger partial charge in [-0.2, -0.15) is 0 Å². The van der Waals surface area contributed by atoms with Crippen LogP contribution in [0.3, 0.4) is 0 Å². The maximum absolute atomic E-state index is 11.3. The number of amides is 1. The molecule has 1 aliphatic heterocycles. The Kier molecular flexibility index (Phi) is 4.97. The highest BCUT2D eigenvalue weighted by atomic mass is 16.5. The zero-order valence-electron chi connectivity index (χ0n) is 11.4. The second-order valence-corrected chi connectivity index (χ2v) is 5.11. The van der Waals surface area contributed by atoms with E-state index in [2.05, 4.69) is 10.2 Å². The Labute approximate surface area is 109 Å². The van der Waals surface area contributed by atoms with E-state index in [4.69, 9.17) is 9.47 Å². The van der Waals surface area contributed by atoms with Crippen LogP contribution in [-0.4, -0.2) is 62.9 Å². The molecule has 1 heterocycles. The van der Waals surface area contributed by atoms with E-state index in [1.54, 1.807) is 14.2 Å². The van der Waals surface area contributed by atoms with Crippen LogP contribution in [0.15, 0.2) is 0 Å². The van der Waals surface area contributed by atoms with Gasteiger partial charge in [-0.25, -0.2) is 0 Å². The van der Waals surface area contributed by atoms with Crippen LogP contribution >= 0.6 is 0 Å². The summed E-state index contributed by atoms with van der Waals surface area (Å²) in [5, 5.41) is 2.67. The number of rotatable bonds is 4. The van der Waals surface area contributed by atoms with Gasteiger partial charge in [0.25, 0.3) is 0 Å². The first kappa shape index (κ1) is 13.8. The van der Waals surface area contributed by atoms with Crippen molar-refractivity contribution in [3.8, 4) is 0 Å². The van der Waals surface area contributed by atoms with Crippen molar-refractivity contribution in [2.75, 3.05) is 33.9 Å². The zero-order chi connectivity index (χ0) is 13.0. The maximum atomic E-state index is 11.3. The molecule has 2 fully saturated rings. The Morgan fingerprint density at radius 3 is 3.06 bits per heavy atom. The Bertz CT molecular complexity index is 285. The van der Waals surface area contributed by atoms with Crippen molar-refractivity contribution < 1.29 is 14.3 Å². The molecular formula is C13H24N2O3. The number of nitrogens with one attached hydrogen (secondary N) is 1. The lowest BCUT2D eigenvalue weighted by Crippen LogP contribution is -2.55. The summed E-state index contributed by atoms with van der Waals surface area (Å²) in [6.45, 7) is 2.53. The molecule has 3 atom stereocenters. The summed E-state index contributed by atoms with van der Waals surface area (Å²) in [6, 6.07) is 0.419. The molecule has 5 heteroatoms. The number of methoxy groups -OCH3 is 1. The molecule has 0 aromatic carbocycles. The maximum Gasteiger partial charge on any atom is 0.221 e. The number of fused-ring (bicyclic) bond motifs is 1. The van der Waals surface area contributed by atoms with Crippen LogP contribution in [-0.2, 0) is 14.3 Å². The van der Waals surface area contributed by atoms with Crippen LogP contribution in [0.2, 0.25) is 0 Å². The molecule has 104 valence electrons. The molecule has 1 saturated heterocycles. The van der Waals surface area contributed by atoms with Gasteiger partial charge < -0.3 is 14.8 Å². The van der Waals surface area contributed by atoms with Gasteiger partial charge in [0.15, 0.2) is 0 Å². The Morgan fingerprint density at radius 1 is 1.50 bits per heavy atom. The lowest BCUT2D eigenvalue weighted by atomic mass is 9.88. The molecule has 2 rings (SSSR count). The van der Waals surface area contributed by atoms with Gasteiger partial charge >= 0.3 is 0 Å². The van der Waals surface area contributed by atoms with E-state index in [0.717, 1.165) is 39.0 Å². The van der Waals surface area contributed by atoms with E-state index in [-0.39, 0.29) is 5.91 Å². The Hall–Kier alpha value is -0.650. The molecule has 2 aliphatic rings. The summed E-state index contributed by atoms with van der Waals surface area (Å²) < 4.78 is 11.3. The lowest BCUT2D eigenvalue weighted by Gasteiger charge is -2.45. The molecule has 0 bridgehead atoms. The quantitative estimate of drug-likeness (QED) is 0.790. The minimum Gasteiger partial charge on any atom is -0.381 e. The first-order valence-corrected chi connectivity index (χ1v) is 6.83. The normalized spacial score (nSPS) is 32.9. The molecule has 1 saturated carbocycles. The lowest BCUT2D eigenvalue weighted by molar-refractivity contribution is -0.126. The predicted molar refractivity (Wildman–Crippen MR) is 68.4 cm³/mol. The molecule has 0 aromatic rings. The van der Waals surface area contributed by atoms with E-state index in [0.29, 0.717) is 24.7 Å². The minimum atomic E-state index is 0.108. The highest BCUT2D eigenvalue weighted by molar-refractivity contribution is 5.75. The van der Waals surface area contributed by atoms with Gasteiger partial charge in [0.1, 0.15) is 0 Å². The second-order valence-electron chi connectivity index (χ2n) is 5.11. The van der Waals surface area contributed by atoms with Crippen molar-refractivity contribution in [2.45, 2.75) is 43.9 Å². The number of carbonyl (C=O) groups excluding carboxylic acids is 1. The molecular weight excluding hydrogens is 232 g/mol. The van der Waals surface area contributed by atoms with E-state index in [9.17, 15) is 4.79 Å². The summed E-state index contributed by atoms with van der Waals surface area (Å²) in [4.78, 5) is 13.7.